The summed E-state index contributed by atoms with van der Waals surface area (Å²) in [5.74, 6) is 1.46. The molecular formula is C15H24Cl2N2O. The average Bonchev–Trinajstić information content (AvgIpc) is 2.43. The monoisotopic (exact) mass is 318 g/mol. The van der Waals surface area contributed by atoms with Crippen LogP contribution in [0.5, 0.6) is 5.75 Å². The smallest absolute Gasteiger partial charge is 0.142 e. The van der Waals surface area contributed by atoms with E-state index < -0.39 is 0 Å². The van der Waals surface area contributed by atoms with Gasteiger partial charge in [-0.15, -0.1) is 12.4 Å². The summed E-state index contributed by atoms with van der Waals surface area (Å²) in [4.78, 5) is 2.45. The minimum Gasteiger partial charge on any atom is -0.492 e. The van der Waals surface area contributed by atoms with Crippen LogP contribution < -0.4 is 10.5 Å². The second kappa shape index (κ2) is 8.73. The summed E-state index contributed by atoms with van der Waals surface area (Å²) in [7, 11) is 0. The van der Waals surface area contributed by atoms with E-state index in [1.807, 2.05) is 19.1 Å². The highest BCUT2D eigenvalue weighted by Gasteiger charge is 2.20. The molecule has 2 N–H and O–H groups in total. The second-order valence-electron chi connectivity index (χ2n) is 5.14. The molecule has 1 aliphatic heterocycles. The summed E-state index contributed by atoms with van der Waals surface area (Å²) in [5, 5.41) is 0.701. The van der Waals surface area contributed by atoms with Crippen LogP contribution in [0, 0.1) is 5.92 Å². The molecule has 3 nitrogen and oxygen atoms in total. The second-order valence-corrected chi connectivity index (χ2v) is 5.55. The van der Waals surface area contributed by atoms with Gasteiger partial charge in [0.2, 0.25) is 0 Å². The summed E-state index contributed by atoms with van der Waals surface area (Å²) in [6.45, 7) is 6.51. The standard InChI is InChI=1S/C15H23ClN2O.ClH/c1-2-19-15-13(6-3-7-14(15)16)11-18-8-4-5-12(9-17)10-18;/h3,6-7,12H,2,4-5,8-11,17H2,1H3;1H. The number of ether oxygens (including phenoxy) is 1. The van der Waals surface area contributed by atoms with Crippen molar-refractivity contribution in [1.82, 2.24) is 4.90 Å². The van der Waals surface area contributed by atoms with Gasteiger partial charge in [0.25, 0.3) is 0 Å². The van der Waals surface area contributed by atoms with E-state index in [-0.39, 0.29) is 12.4 Å². The molecule has 0 spiro atoms. The van der Waals surface area contributed by atoms with Crippen molar-refractivity contribution in [1.29, 1.82) is 0 Å². The fourth-order valence-corrected chi connectivity index (χ4v) is 2.96. The van der Waals surface area contributed by atoms with Gasteiger partial charge in [0.05, 0.1) is 11.6 Å². The third-order valence-corrected chi connectivity index (χ3v) is 3.97. The Kier molecular flexibility index (Phi) is 7.67. The van der Waals surface area contributed by atoms with E-state index >= 15 is 0 Å². The van der Waals surface area contributed by atoms with Gasteiger partial charge < -0.3 is 10.5 Å². The van der Waals surface area contributed by atoms with Crippen molar-refractivity contribution in [3.8, 4) is 5.75 Å². The molecule has 1 heterocycles. The molecule has 0 aromatic heterocycles. The lowest BCUT2D eigenvalue weighted by atomic mass is 9.98. The Morgan fingerprint density at radius 1 is 1.45 bits per heavy atom. The highest BCUT2D eigenvalue weighted by Crippen LogP contribution is 2.30. The van der Waals surface area contributed by atoms with Crippen LogP contribution in [0.1, 0.15) is 25.3 Å². The van der Waals surface area contributed by atoms with Crippen LogP contribution in [-0.4, -0.2) is 31.1 Å². The molecule has 114 valence electrons. The molecule has 5 heteroatoms. The molecule has 1 aliphatic rings. The topological polar surface area (TPSA) is 38.5 Å². The zero-order valence-corrected chi connectivity index (χ0v) is 13.6. The van der Waals surface area contributed by atoms with Gasteiger partial charge in [0.1, 0.15) is 5.75 Å². The quantitative estimate of drug-likeness (QED) is 0.905. The molecule has 0 aliphatic carbocycles. The van der Waals surface area contributed by atoms with E-state index in [0.717, 1.165) is 31.9 Å². The molecule has 0 bridgehead atoms. The minimum atomic E-state index is 0. The Morgan fingerprint density at radius 2 is 2.25 bits per heavy atom. The highest BCUT2D eigenvalue weighted by atomic mass is 35.5. The number of benzene rings is 1. The highest BCUT2D eigenvalue weighted by molar-refractivity contribution is 6.32. The molecule has 2 rings (SSSR count). The van der Waals surface area contributed by atoms with Gasteiger partial charge in [0.15, 0.2) is 0 Å². The van der Waals surface area contributed by atoms with Gasteiger partial charge in [-0.3, -0.25) is 4.90 Å². The predicted molar refractivity (Wildman–Crippen MR) is 86.9 cm³/mol. The molecule has 1 unspecified atom stereocenters. The van der Waals surface area contributed by atoms with Crippen LogP contribution in [0.25, 0.3) is 0 Å². The Balaban J connectivity index is 0.00000200. The maximum atomic E-state index is 6.22. The zero-order chi connectivity index (χ0) is 13.7. The van der Waals surface area contributed by atoms with Crippen molar-refractivity contribution in [2.45, 2.75) is 26.3 Å². The zero-order valence-electron chi connectivity index (χ0n) is 12.0. The van der Waals surface area contributed by atoms with E-state index in [1.54, 1.807) is 0 Å². The Hall–Kier alpha value is -0.480. The van der Waals surface area contributed by atoms with Crippen LogP contribution in [0.2, 0.25) is 5.02 Å². The number of hydrogen-bond acceptors (Lipinski definition) is 3. The lowest BCUT2D eigenvalue weighted by molar-refractivity contribution is 0.169. The van der Waals surface area contributed by atoms with Crippen molar-refractivity contribution in [2.24, 2.45) is 11.7 Å². The molecule has 1 aromatic carbocycles. The normalized spacial score (nSPS) is 19.4. The number of hydrogen-bond donors (Lipinski definition) is 1. The Bertz CT molecular complexity index is 415. The van der Waals surface area contributed by atoms with Gasteiger partial charge in [-0.1, -0.05) is 23.7 Å². The first kappa shape index (κ1) is 17.6. The van der Waals surface area contributed by atoms with Crippen LogP contribution in [0.15, 0.2) is 18.2 Å². The SMILES string of the molecule is CCOc1c(Cl)cccc1CN1CCCC(CN)C1.Cl. The third kappa shape index (κ3) is 4.52. The summed E-state index contributed by atoms with van der Waals surface area (Å²) in [6, 6.07) is 5.97. The molecule has 20 heavy (non-hydrogen) atoms. The first-order chi connectivity index (χ1) is 9.24. The largest absolute Gasteiger partial charge is 0.492 e. The number of likely N-dealkylation sites (tertiary alicyclic amines) is 1. The molecule has 1 saturated heterocycles. The van der Waals surface area contributed by atoms with E-state index in [0.29, 0.717) is 17.5 Å². The number of piperidine rings is 1. The van der Waals surface area contributed by atoms with Crippen molar-refractivity contribution in [3.05, 3.63) is 28.8 Å². The maximum absolute atomic E-state index is 6.22. The maximum Gasteiger partial charge on any atom is 0.142 e. The number of nitrogens with zero attached hydrogens (tertiary/aromatic N) is 1. The molecular weight excluding hydrogens is 295 g/mol. The first-order valence-electron chi connectivity index (χ1n) is 7.07. The predicted octanol–water partition coefficient (Wildman–Crippen LogP) is 3.33. The van der Waals surface area contributed by atoms with E-state index in [1.165, 1.54) is 18.4 Å². The number of halogens is 2. The first-order valence-corrected chi connectivity index (χ1v) is 7.45. The van der Waals surface area contributed by atoms with Gasteiger partial charge in [-0.05, 0) is 44.8 Å². The fourth-order valence-electron chi connectivity index (χ4n) is 2.71. The Labute approximate surface area is 132 Å². The van der Waals surface area contributed by atoms with Crippen molar-refractivity contribution >= 4 is 24.0 Å². The van der Waals surface area contributed by atoms with Crippen molar-refractivity contribution < 1.29 is 4.74 Å². The summed E-state index contributed by atoms with van der Waals surface area (Å²) in [5.41, 5.74) is 6.96. The third-order valence-electron chi connectivity index (χ3n) is 3.67. The lowest BCUT2D eigenvalue weighted by Gasteiger charge is -2.32. The summed E-state index contributed by atoms with van der Waals surface area (Å²) < 4.78 is 5.68. The van der Waals surface area contributed by atoms with Gasteiger partial charge >= 0.3 is 0 Å². The summed E-state index contributed by atoms with van der Waals surface area (Å²) >= 11 is 6.22. The Morgan fingerprint density at radius 3 is 2.95 bits per heavy atom. The van der Waals surface area contributed by atoms with Crippen LogP contribution >= 0.6 is 24.0 Å². The number of rotatable bonds is 5. The van der Waals surface area contributed by atoms with Crippen LogP contribution in [0.3, 0.4) is 0 Å². The van der Waals surface area contributed by atoms with E-state index in [2.05, 4.69) is 11.0 Å². The molecule has 0 saturated carbocycles. The lowest BCUT2D eigenvalue weighted by Crippen LogP contribution is -2.37. The molecule has 0 radical (unpaired) electrons. The van der Waals surface area contributed by atoms with Crippen LogP contribution in [-0.2, 0) is 6.54 Å². The van der Waals surface area contributed by atoms with E-state index in [4.69, 9.17) is 22.1 Å². The molecule has 1 atom stereocenters. The van der Waals surface area contributed by atoms with E-state index in [9.17, 15) is 0 Å². The van der Waals surface area contributed by atoms with Gasteiger partial charge in [-0.25, -0.2) is 0 Å². The molecule has 1 fully saturated rings. The summed E-state index contributed by atoms with van der Waals surface area (Å²) in [6.07, 6.45) is 2.48. The molecule has 1 aromatic rings. The van der Waals surface area contributed by atoms with Crippen molar-refractivity contribution in [2.75, 3.05) is 26.2 Å². The number of nitrogens with two attached hydrogens (primary N) is 1. The van der Waals surface area contributed by atoms with Crippen LogP contribution in [0.4, 0.5) is 0 Å². The van der Waals surface area contributed by atoms with Gasteiger partial charge in [-0.2, -0.15) is 0 Å². The van der Waals surface area contributed by atoms with Gasteiger partial charge in [0, 0.05) is 18.7 Å². The minimum absolute atomic E-state index is 0. The molecule has 0 amide bonds. The average molecular weight is 319 g/mol. The fraction of sp³-hybridized carbons (Fsp3) is 0.600. The number of para-hydroxylation sites is 1. The van der Waals surface area contributed by atoms with Crippen molar-refractivity contribution in [3.63, 3.8) is 0 Å².